The molecule has 0 spiro atoms. The van der Waals surface area contributed by atoms with Crippen LogP contribution < -0.4 is 10.6 Å². The fraction of sp³-hybridized carbons (Fsp3) is 0.417. The molecule has 0 heterocycles. The van der Waals surface area contributed by atoms with Crippen LogP contribution in [0.2, 0.25) is 0 Å². The first-order valence-corrected chi connectivity index (χ1v) is 11.6. The average Bonchev–Trinajstić information content (AvgIpc) is 2.70. The van der Waals surface area contributed by atoms with Crippen molar-refractivity contribution in [1.82, 2.24) is 5.32 Å². The van der Waals surface area contributed by atoms with E-state index < -0.39 is 0 Å². The van der Waals surface area contributed by atoms with Gasteiger partial charge < -0.3 is 15.7 Å². The van der Waals surface area contributed by atoms with Gasteiger partial charge >= 0.3 is 0 Å². The SMILES string of the molecule is Cc1ccc(NC(=O)c2ccccc2SCC(=O)NC2CCCCCCC2)c(O)c1. The quantitative estimate of drug-likeness (QED) is 0.434. The fourth-order valence-electron chi connectivity index (χ4n) is 3.73. The normalized spacial score (nSPS) is 15.1. The van der Waals surface area contributed by atoms with E-state index in [9.17, 15) is 14.7 Å². The molecule has 3 rings (SSSR count). The van der Waals surface area contributed by atoms with Gasteiger partial charge in [-0.25, -0.2) is 0 Å². The molecule has 0 radical (unpaired) electrons. The number of anilines is 1. The van der Waals surface area contributed by atoms with Crippen molar-refractivity contribution in [2.45, 2.75) is 62.8 Å². The number of thioether (sulfide) groups is 1. The summed E-state index contributed by atoms with van der Waals surface area (Å²) < 4.78 is 0. The van der Waals surface area contributed by atoms with Crippen LogP contribution in [0.1, 0.15) is 60.9 Å². The van der Waals surface area contributed by atoms with Crippen molar-refractivity contribution in [2.75, 3.05) is 11.1 Å². The number of nitrogens with one attached hydrogen (secondary N) is 2. The van der Waals surface area contributed by atoms with E-state index in [0.717, 1.165) is 23.3 Å². The summed E-state index contributed by atoms with van der Waals surface area (Å²) in [5, 5.41) is 16.0. The summed E-state index contributed by atoms with van der Waals surface area (Å²) in [4.78, 5) is 26.0. The Balaban J connectivity index is 1.59. The van der Waals surface area contributed by atoms with E-state index in [4.69, 9.17) is 0 Å². The second-order valence-corrected chi connectivity index (χ2v) is 8.89. The summed E-state index contributed by atoms with van der Waals surface area (Å²) in [5.41, 5.74) is 1.77. The van der Waals surface area contributed by atoms with Crippen molar-refractivity contribution in [1.29, 1.82) is 0 Å². The molecule has 1 saturated carbocycles. The number of rotatable bonds is 6. The molecule has 0 bridgehead atoms. The highest BCUT2D eigenvalue weighted by atomic mass is 32.2. The van der Waals surface area contributed by atoms with Crippen LogP contribution in [0.5, 0.6) is 5.75 Å². The molecule has 5 nitrogen and oxygen atoms in total. The van der Waals surface area contributed by atoms with E-state index >= 15 is 0 Å². The first kappa shape index (κ1) is 22.2. The lowest BCUT2D eigenvalue weighted by molar-refractivity contribution is -0.119. The van der Waals surface area contributed by atoms with Crippen LogP contribution in [0.25, 0.3) is 0 Å². The predicted octanol–water partition coefficient (Wildman–Crippen LogP) is 5.27. The highest BCUT2D eigenvalue weighted by Gasteiger charge is 2.17. The van der Waals surface area contributed by atoms with Gasteiger partial charge in [-0.3, -0.25) is 9.59 Å². The molecule has 6 heteroatoms. The number of phenolic OH excluding ortho intramolecular Hbond substituents is 1. The summed E-state index contributed by atoms with van der Waals surface area (Å²) >= 11 is 1.36. The van der Waals surface area contributed by atoms with E-state index in [2.05, 4.69) is 10.6 Å². The molecular weight excluding hydrogens is 396 g/mol. The van der Waals surface area contributed by atoms with Gasteiger partial charge in [0.05, 0.1) is 17.0 Å². The van der Waals surface area contributed by atoms with Crippen LogP contribution in [0.4, 0.5) is 5.69 Å². The summed E-state index contributed by atoms with van der Waals surface area (Å²) in [6, 6.07) is 12.6. The van der Waals surface area contributed by atoms with Crippen LogP contribution in [0, 0.1) is 6.92 Å². The zero-order valence-electron chi connectivity index (χ0n) is 17.4. The molecule has 0 atom stereocenters. The minimum absolute atomic E-state index is 0.0111. The van der Waals surface area contributed by atoms with Crippen LogP contribution in [-0.2, 0) is 4.79 Å². The molecule has 160 valence electrons. The summed E-state index contributed by atoms with van der Waals surface area (Å²) in [6.07, 6.45) is 8.25. The molecule has 1 aliphatic rings. The lowest BCUT2D eigenvalue weighted by Crippen LogP contribution is -2.36. The largest absolute Gasteiger partial charge is 0.506 e. The summed E-state index contributed by atoms with van der Waals surface area (Å²) in [5.74, 6) is 0.0121. The lowest BCUT2D eigenvalue weighted by atomic mass is 9.97. The van der Waals surface area contributed by atoms with Gasteiger partial charge in [-0.1, -0.05) is 50.3 Å². The molecular formula is C24H30N2O3S. The van der Waals surface area contributed by atoms with Crippen molar-refractivity contribution in [3.8, 4) is 5.75 Å². The van der Waals surface area contributed by atoms with Crippen molar-refractivity contribution < 1.29 is 14.7 Å². The zero-order chi connectivity index (χ0) is 21.3. The minimum atomic E-state index is -0.308. The number of phenols is 1. The molecule has 0 saturated heterocycles. The van der Waals surface area contributed by atoms with Gasteiger partial charge in [-0.15, -0.1) is 11.8 Å². The van der Waals surface area contributed by atoms with Crippen LogP contribution in [0.15, 0.2) is 47.4 Å². The number of carbonyl (C=O) groups excluding carboxylic acids is 2. The van der Waals surface area contributed by atoms with E-state index in [1.165, 1.54) is 43.9 Å². The smallest absolute Gasteiger partial charge is 0.256 e. The number of carbonyl (C=O) groups is 2. The molecule has 2 aromatic rings. The van der Waals surface area contributed by atoms with E-state index in [1.54, 1.807) is 24.3 Å². The van der Waals surface area contributed by atoms with Gasteiger partial charge in [0, 0.05) is 10.9 Å². The first-order valence-electron chi connectivity index (χ1n) is 10.6. The first-order chi connectivity index (χ1) is 14.5. The van der Waals surface area contributed by atoms with E-state index in [0.29, 0.717) is 11.3 Å². The Hall–Kier alpha value is -2.47. The van der Waals surface area contributed by atoms with E-state index in [1.807, 2.05) is 25.1 Å². The maximum atomic E-state index is 12.8. The Morgan fingerprint density at radius 3 is 2.47 bits per heavy atom. The third kappa shape index (κ3) is 6.52. The second kappa shape index (κ2) is 11.1. The lowest BCUT2D eigenvalue weighted by Gasteiger charge is -2.21. The van der Waals surface area contributed by atoms with Gasteiger partial charge in [0.2, 0.25) is 5.91 Å². The van der Waals surface area contributed by atoms with Gasteiger partial charge in [0.25, 0.3) is 5.91 Å². The van der Waals surface area contributed by atoms with Gasteiger partial charge in [-0.05, 0) is 49.6 Å². The minimum Gasteiger partial charge on any atom is -0.506 e. The van der Waals surface area contributed by atoms with Crippen molar-refractivity contribution in [3.63, 3.8) is 0 Å². The standard InChI is InChI=1S/C24H30N2O3S/c1-17-13-14-20(21(27)15-17)26-24(29)19-11-7-8-12-22(19)30-16-23(28)25-18-9-5-3-2-4-6-10-18/h7-8,11-15,18,27H,2-6,9-10,16H2,1H3,(H,25,28)(H,26,29). The Kier molecular flexibility index (Phi) is 8.20. The third-order valence-corrected chi connectivity index (χ3v) is 6.44. The van der Waals surface area contributed by atoms with Crippen LogP contribution >= 0.6 is 11.8 Å². The molecule has 0 unspecified atom stereocenters. The molecule has 3 N–H and O–H groups in total. The zero-order valence-corrected chi connectivity index (χ0v) is 18.3. The number of hydrogen-bond donors (Lipinski definition) is 3. The van der Waals surface area contributed by atoms with Gasteiger partial charge in [-0.2, -0.15) is 0 Å². The second-order valence-electron chi connectivity index (χ2n) is 7.87. The topological polar surface area (TPSA) is 78.4 Å². The number of hydrogen-bond acceptors (Lipinski definition) is 4. The maximum Gasteiger partial charge on any atom is 0.256 e. The molecule has 1 fully saturated rings. The van der Waals surface area contributed by atoms with Crippen LogP contribution in [-0.4, -0.2) is 28.7 Å². The Morgan fingerprint density at radius 1 is 1.03 bits per heavy atom. The number of aromatic hydroxyl groups is 1. The van der Waals surface area contributed by atoms with E-state index in [-0.39, 0.29) is 29.4 Å². The molecule has 0 aromatic heterocycles. The monoisotopic (exact) mass is 426 g/mol. The predicted molar refractivity (Wildman–Crippen MR) is 122 cm³/mol. The van der Waals surface area contributed by atoms with Crippen LogP contribution in [0.3, 0.4) is 0 Å². The number of aryl methyl sites for hydroxylation is 1. The van der Waals surface area contributed by atoms with Crippen molar-refractivity contribution >= 4 is 29.3 Å². The average molecular weight is 427 g/mol. The molecule has 2 aromatic carbocycles. The van der Waals surface area contributed by atoms with Gasteiger partial charge in [0.15, 0.2) is 0 Å². The summed E-state index contributed by atoms with van der Waals surface area (Å²) in [6.45, 7) is 1.87. The Morgan fingerprint density at radius 2 is 1.73 bits per heavy atom. The molecule has 1 aliphatic carbocycles. The summed E-state index contributed by atoms with van der Waals surface area (Å²) in [7, 11) is 0. The maximum absolute atomic E-state index is 12.8. The van der Waals surface area contributed by atoms with Gasteiger partial charge in [0.1, 0.15) is 5.75 Å². The number of amides is 2. The number of benzene rings is 2. The molecule has 30 heavy (non-hydrogen) atoms. The Labute approximate surface area is 182 Å². The Bertz CT molecular complexity index is 877. The highest BCUT2D eigenvalue weighted by Crippen LogP contribution is 2.27. The fourth-order valence-corrected chi connectivity index (χ4v) is 4.59. The van der Waals surface area contributed by atoms with Crippen molar-refractivity contribution in [2.24, 2.45) is 0 Å². The van der Waals surface area contributed by atoms with Crippen molar-refractivity contribution in [3.05, 3.63) is 53.6 Å². The third-order valence-electron chi connectivity index (χ3n) is 5.36. The molecule has 0 aliphatic heterocycles. The highest BCUT2D eigenvalue weighted by molar-refractivity contribution is 8.00. The molecule has 2 amide bonds.